The van der Waals surface area contributed by atoms with Crippen molar-refractivity contribution in [3.63, 3.8) is 0 Å². The summed E-state index contributed by atoms with van der Waals surface area (Å²) in [7, 11) is 1.33. The highest BCUT2D eigenvalue weighted by molar-refractivity contribution is 8.00. The average molecular weight is 460 g/mol. The van der Waals surface area contributed by atoms with Crippen molar-refractivity contribution in [2.24, 2.45) is 4.99 Å². The molecule has 2 amide bonds. The number of ether oxygens (including phenoxy) is 1. The Kier molecular flexibility index (Phi) is 7.93. The highest BCUT2D eigenvalue weighted by Crippen LogP contribution is 2.20. The minimum absolute atomic E-state index is 0.0737. The van der Waals surface area contributed by atoms with E-state index < -0.39 is 5.97 Å². The Morgan fingerprint density at radius 3 is 2.84 bits per heavy atom. The van der Waals surface area contributed by atoms with Gasteiger partial charge in [0.05, 0.1) is 40.9 Å². The number of benzene rings is 1. The zero-order chi connectivity index (χ0) is 22.4. The minimum Gasteiger partial charge on any atom is -0.465 e. The molecule has 0 spiro atoms. The number of rotatable bonds is 6. The van der Waals surface area contributed by atoms with Crippen molar-refractivity contribution >= 4 is 51.1 Å². The lowest BCUT2D eigenvalue weighted by Gasteiger charge is -2.33. The molecule has 7 nitrogen and oxygen atoms in total. The average Bonchev–Trinajstić information content (AvgIpc) is 3.09. The van der Waals surface area contributed by atoms with E-state index in [0.717, 1.165) is 36.0 Å². The van der Waals surface area contributed by atoms with Crippen LogP contribution in [0.2, 0.25) is 0 Å². The predicted octanol–water partition coefficient (Wildman–Crippen LogP) is 2.68. The van der Waals surface area contributed by atoms with Crippen LogP contribution in [0.3, 0.4) is 0 Å². The highest BCUT2D eigenvalue weighted by atomic mass is 32.2. The summed E-state index contributed by atoms with van der Waals surface area (Å²) in [5.74, 6) is 2.28. The van der Waals surface area contributed by atoms with Gasteiger partial charge in [0.1, 0.15) is 0 Å². The number of amides is 2. The second-order valence-electron chi connectivity index (χ2n) is 7.28. The molecule has 1 saturated heterocycles. The van der Waals surface area contributed by atoms with E-state index in [1.54, 1.807) is 22.8 Å². The maximum absolute atomic E-state index is 12.4. The van der Waals surface area contributed by atoms with E-state index in [9.17, 15) is 14.4 Å². The van der Waals surface area contributed by atoms with Crippen LogP contribution in [0.5, 0.6) is 0 Å². The number of thioether (sulfide) groups is 1. The van der Waals surface area contributed by atoms with Gasteiger partial charge in [-0.3, -0.25) is 9.59 Å². The van der Waals surface area contributed by atoms with Crippen LogP contribution in [0.1, 0.15) is 36.5 Å². The quantitative estimate of drug-likeness (QED) is 0.490. The lowest BCUT2D eigenvalue weighted by atomic mass is 10.0. The number of aromatic nitrogens is 1. The summed E-state index contributed by atoms with van der Waals surface area (Å²) in [5, 5.41) is 0. The topological polar surface area (TPSA) is 81.0 Å². The Balaban J connectivity index is 1.72. The minimum atomic E-state index is -0.433. The number of likely N-dealkylation sites (tertiary alicyclic amines) is 1. The van der Waals surface area contributed by atoms with Crippen molar-refractivity contribution in [2.75, 3.05) is 25.2 Å². The van der Waals surface area contributed by atoms with Gasteiger partial charge < -0.3 is 14.2 Å². The molecule has 1 aromatic heterocycles. The van der Waals surface area contributed by atoms with Crippen LogP contribution < -0.4 is 4.80 Å². The molecule has 1 atom stereocenters. The maximum Gasteiger partial charge on any atom is 0.337 e. The molecular weight excluding hydrogens is 434 g/mol. The van der Waals surface area contributed by atoms with E-state index in [0.29, 0.717) is 10.4 Å². The number of thiazole rings is 1. The van der Waals surface area contributed by atoms with Gasteiger partial charge in [0.2, 0.25) is 5.91 Å². The highest BCUT2D eigenvalue weighted by Gasteiger charge is 2.23. The zero-order valence-corrected chi connectivity index (χ0v) is 19.3. The zero-order valence-electron chi connectivity index (χ0n) is 17.6. The fourth-order valence-electron chi connectivity index (χ4n) is 3.56. The first-order valence-corrected chi connectivity index (χ1v) is 12.0. The summed E-state index contributed by atoms with van der Waals surface area (Å²) in [6.07, 6.45) is 8.72. The SMILES string of the molecule is C#CCn1c(=NC(=O)CSCC(=O)N2CCCCC2C)sc2cc(C(=O)OC)ccc21. The smallest absolute Gasteiger partial charge is 0.337 e. The van der Waals surface area contributed by atoms with E-state index in [-0.39, 0.29) is 35.9 Å². The fourth-order valence-corrected chi connectivity index (χ4v) is 5.33. The van der Waals surface area contributed by atoms with Gasteiger partial charge >= 0.3 is 5.97 Å². The number of piperidine rings is 1. The van der Waals surface area contributed by atoms with E-state index in [2.05, 4.69) is 17.8 Å². The Hall–Kier alpha value is -2.57. The number of methoxy groups -OCH3 is 1. The van der Waals surface area contributed by atoms with E-state index >= 15 is 0 Å². The Morgan fingerprint density at radius 2 is 2.13 bits per heavy atom. The number of carbonyl (C=O) groups excluding carboxylic acids is 3. The second-order valence-corrected chi connectivity index (χ2v) is 9.27. The molecule has 9 heteroatoms. The number of esters is 1. The molecular formula is C22H25N3O4S2. The van der Waals surface area contributed by atoms with E-state index in [1.807, 2.05) is 4.90 Å². The maximum atomic E-state index is 12.4. The second kappa shape index (κ2) is 10.6. The van der Waals surface area contributed by atoms with Crippen molar-refractivity contribution in [3.8, 4) is 12.3 Å². The molecule has 31 heavy (non-hydrogen) atoms. The van der Waals surface area contributed by atoms with Gasteiger partial charge in [-0.05, 0) is 44.4 Å². The molecule has 1 unspecified atom stereocenters. The van der Waals surface area contributed by atoms with Crippen LogP contribution in [-0.2, 0) is 20.9 Å². The van der Waals surface area contributed by atoms with Crippen LogP contribution in [0.25, 0.3) is 10.2 Å². The number of terminal acetylenes is 1. The van der Waals surface area contributed by atoms with Gasteiger partial charge in [-0.2, -0.15) is 4.99 Å². The number of carbonyl (C=O) groups is 3. The third kappa shape index (κ3) is 5.57. The van der Waals surface area contributed by atoms with Crippen LogP contribution in [0.4, 0.5) is 0 Å². The molecule has 0 N–H and O–H groups in total. The lowest BCUT2D eigenvalue weighted by Crippen LogP contribution is -2.43. The number of hydrogen-bond donors (Lipinski definition) is 0. The van der Waals surface area contributed by atoms with Gasteiger partial charge in [-0.15, -0.1) is 18.2 Å². The summed E-state index contributed by atoms with van der Waals surface area (Å²) in [6, 6.07) is 5.39. The van der Waals surface area contributed by atoms with Crippen molar-refractivity contribution in [2.45, 2.75) is 38.8 Å². The van der Waals surface area contributed by atoms with Crippen molar-refractivity contribution < 1.29 is 19.1 Å². The Morgan fingerprint density at radius 1 is 1.32 bits per heavy atom. The molecule has 164 valence electrons. The van der Waals surface area contributed by atoms with Gasteiger partial charge in [0, 0.05) is 12.6 Å². The van der Waals surface area contributed by atoms with Crippen molar-refractivity contribution in [3.05, 3.63) is 28.6 Å². The van der Waals surface area contributed by atoms with Crippen molar-refractivity contribution in [1.29, 1.82) is 0 Å². The Bertz CT molecular complexity index is 1100. The molecule has 1 aliphatic rings. The van der Waals surface area contributed by atoms with Gasteiger partial charge in [-0.1, -0.05) is 17.3 Å². The molecule has 2 heterocycles. The largest absolute Gasteiger partial charge is 0.465 e. The van der Waals surface area contributed by atoms with Crippen molar-refractivity contribution in [1.82, 2.24) is 9.47 Å². The van der Waals surface area contributed by atoms with Gasteiger partial charge in [0.25, 0.3) is 5.91 Å². The first kappa shape index (κ1) is 23.1. The summed E-state index contributed by atoms with van der Waals surface area (Å²) in [6.45, 7) is 3.11. The van der Waals surface area contributed by atoms with E-state index in [1.165, 1.54) is 30.2 Å². The predicted molar refractivity (Wildman–Crippen MR) is 123 cm³/mol. The normalized spacial score (nSPS) is 16.9. The summed E-state index contributed by atoms with van der Waals surface area (Å²) in [4.78, 5) is 43.2. The number of fused-ring (bicyclic) bond motifs is 1. The summed E-state index contributed by atoms with van der Waals surface area (Å²) < 4.78 is 7.32. The van der Waals surface area contributed by atoms with Gasteiger partial charge in [-0.25, -0.2) is 4.79 Å². The van der Waals surface area contributed by atoms with Crippen LogP contribution in [-0.4, -0.2) is 58.5 Å². The summed E-state index contributed by atoms with van der Waals surface area (Å²) >= 11 is 2.56. The molecule has 0 bridgehead atoms. The Labute approximate surface area is 189 Å². The third-order valence-corrected chi connectivity index (χ3v) is 7.09. The van der Waals surface area contributed by atoms with Crippen LogP contribution in [0.15, 0.2) is 23.2 Å². The van der Waals surface area contributed by atoms with Gasteiger partial charge in [0.15, 0.2) is 4.80 Å². The number of hydrogen-bond acceptors (Lipinski definition) is 6. The standard InChI is InChI=1S/C22H25N3O4S2/c1-4-10-25-17-9-8-16(21(28)29-3)12-18(17)31-22(25)23-19(26)13-30-14-20(27)24-11-6-5-7-15(24)2/h1,8-9,12,15H,5-7,10-11,13-14H2,2-3H3. The lowest BCUT2D eigenvalue weighted by molar-refractivity contribution is -0.131. The first-order valence-electron chi connectivity index (χ1n) is 10.0. The molecule has 1 fully saturated rings. The van der Waals surface area contributed by atoms with E-state index in [4.69, 9.17) is 11.2 Å². The molecule has 0 radical (unpaired) electrons. The molecule has 0 aliphatic carbocycles. The number of nitrogens with zero attached hydrogens (tertiary/aromatic N) is 3. The van der Waals surface area contributed by atoms with Crippen LogP contribution >= 0.6 is 23.1 Å². The summed E-state index contributed by atoms with van der Waals surface area (Å²) in [5.41, 5.74) is 1.21. The van der Waals surface area contributed by atoms with Crippen LogP contribution in [0, 0.1) is 12.3 Å². The monoisotopic (exact) mass is 459 g/mol. The third-order valence-electron chi connectivity index (χ3n) is 5.15. The molecule has 3 rings (SSSR count). The molecule has 1 aliphatic heterocycles. The molecule has 2 aromatic rings. The molecule has 1 aromatic carbocycles. The first-order chi connectivity index (χ1) is 14.9. The molecule has 0 saturated carbocycles. The fraction of sp³-hybridized carbons (Fsp3) is 0.455.